The fourth-order valence-electron chi connectivity index (χ4n) is 4.99. The van der Waals surface area contributed by atoms with Crippen LogP contribution in [0.4, 0.5) is 10.1 Å². The Morgan fingerprint density at radius 1 is 1.15 bits per heavy atom. The molecule has 1 fully saturated rings. The third-order valence-electron chi connectivity index (χ3n) is 7.37. The molecule has 2 heterocycles. The number of hydrogen-bond acceptors (Lipinski definition) is 5. The van der Waals surface area contributed by atoms with E-state index >= 15 is 0 Å². The summed E-state index contributed by atoms with van der Waals surface area (Å²) in [5.74, 6) is -0.0161. The number of aryl methyl sites for hydroxylation is 3. The van der Waals surface area contributed by atoms with E-state index in [2.05, 4.69) is 21.8 Å². The van der Waals surface area contributed by atoms with Crippen LogP contribution in [0.2, 0.25) is 0 Å². The maximum Gasteiger partial charge on any atom is 0.255 e. The van der Waals surface area contributed by atoms with Gasteiger partial charge in [-0.25, -0.2) is 4.39 Å². The number of anilines is 1. The van der Waals surface area contributed by atoms with Crippen LogP contribution in [0, 0.1) is 19.7 Å². The summed E-state index contributed by atoms with van der Waals surface area (Å²) in [6.07, 6.45) is 3.35. The molecule has 2 aromatic carbocycles. The number of ether oxygens (including phenoxy) is 1. The zero-order chi connectivity index (χ0) is 28.8. The van der Waals surface area contributed by atoms with E-state index in [0.29, 0.717) is 49.5 Å². The SMILES string of the molecule is C=CC(=O)N1CCN(C[C@H](Oc2ccc(C(=O)Nc3c(C)ccnc3CC)cc2)c2ccc(C)c(F)c2)C[C@H]1C. The minimum atomic E-state index is -0.450. The second-order valence-corrected chi connectivity index (χ2v) is 10.2. The Kier molecular flexibility index (Phi) is 9.32. The molecular weight excluding hydrogens is 507 g/mol. The Hall–Kier alpha value is -4.04. The smallest absolute Gasteiger partial charge is 0.255 e. The van der Waals surface area contributed by atoms with E-state index in [0.717, 1.165) is 22.5 Å². The lowest BCUT2D eigenvalue weighted by Gasteiger charge is -2.40. The van der Waals surface area contributed by atoms with Crippen LogP contribution < -0.4 is 10.1 Å². The number of aromatic nitrogens is 1. The third-order valence-corrected chi connectivity index (χ3v) is 7.37. The Balaban J connectivity index is 1.50. The second kappa shape index (κ2) is 12.9. The molecule has 1 N–H and O–H groups in total. The zero-order valence-corrected chi connectivity index (χ0v) is 23.6. The van der Waals surface area contributed by atoms with Crippen LogP contribution in [0.25, 0.3) is 0 Å². The van der Waals surface area contributed by atoms with Crippen molar-refractivity contribution in [2.45, 2.75) is 46.3 Å². The standard InChI is InChI=1S/C32H37FN4O3/c1-6-28-31(22(4)14-15-34-28)35-32(39)24-10-12-26(13-11-24)40-29(25-9-8-21(3)27(33)18-25)20-36-16-17-37(23(5)19-36)30(38)7-2/h7-15,18,23,29H,2,6,16-17,19-20H2,1,3-5H3,(H,35,39)/t23-,29+/m1/s1. The molecule has 1 aromatic heterocycles. The molecule has 40 heavy (non-hydrogen) atoms. The van der Waals surface area contributed by atoms with E-state index in [4.69, 9.17) is 4.74 Å². The fourth-order valence-corrected chi connectivity index (χ4v) is 4.99. The minimum absolute atomic E-state index is 0.0177. The number of piperazine rings is 1. The molecule has 2 amide bonds. The molecule has 7 nitrogen and oxygen atoms in total. The summed E-state index contributed by atoms with van der Waals surface area (Å²) in [6.45, 7) is 13.7. The first-order chi connectivity index (χ1) is 19.2. The number of hydrogen-bond donors (Lipinski definition) is 1. The van der Waals surface area contributed by atoms with Gasteiger partial charge in [-0.1, -0.05) is 25.6 Å². The molecule has 0 unspecified atom stereocenters. The molecule has 8 heteroatoms. The van der Waals surface area contributed by atoms with Crippen LogP contribution >= 0.6 is 0 Å². The first-order valence-electron chi connectivity index (χ1n) is 13.6. The predicted molar refractivity (Wildman–Crippen MR) is 155 cm³/mol. The van der Waals surface area contributed by atoms with Gasteiger partial charge in [0.25, 0.3) is 5.91 Å². The van der Waals surface area contributed by atoms with Crippen molar-refractivity contribution in [1.82, 2.24) is 14.8 Å². The van der Waals surface area contributed by atoms with Crippen molar-refractivity contribution in [3.05, 3.63) is 101 Å². The Labute approximate surface area is 235 Å². The van der Waals surface area contributed by atoms with Crippen LogP contribution in [0.15, 0.2) is 67.4 Å². The van der Waals surface area contributed by atoms with E-state index in [-0.39, 0.29) is 23.7 Å². The van der Waals surface area contributed by atoms with Gasteiger partial charge in [-0.3, -0.25) is 19.5 Å². The minimum Gasteiger partial charge on any atom is -0.484 e. The van der Waals surface area contributed by atoms with Crippen molar-refractivity contribution in [3.8, 4) is 5.75 Å². The number of benzene rings is 2. The largest absolute Gasteiger partial charge is 0.484 e. The molecule has 1 aliphatic rings. The highest BCUT2D eigenvalue weighted by Gasteiger charge is 2.28. The molecule has 210 valence electrons. The fraction of sp³-hybridized carbons (Fsp3) is 0.344. The summed E-state index contributed by atoms with van der Waals surface area (Å²) in [5.41, 5.74) is 4.32. The highest BCUT2D eigenvalue weighted by atomic mass is 19.1. The van der Waals surface area contributed by atoms with Crippen molar-refractivity contribution in [1.29, 1.82) is 0 Å². The maximum absolute atomic E-state index is 14.5. The highest BCUT2D eigenvalue weighted by molar-refractivity contribution is 6.05. The molecule has 0 spiro atoms. The van der Waals surface area contributed by atoms with Gasteiger partial charge in [0.15, 0.2) is 0 Å². The lowest BCUT2D eigenvalue weighted by atomic mass is 10.0. The van der Waals surface area contributed by atoms with Crippen molar-refractivity contribution < 1.29 is 18.7 Å². The number of halogens is 1. The maximum atomic E-state index is 14.5. The first kappa shape index (κ1) is 29.0. The molecule has 0 saturated carbocycles. The molecule has 2 atom stereocenters. The Morgan fingerprint density at radius 2 is 1.90 bits per heavy atom. The summed E-state index contributed by atoms with van der Waals surface area (Å²) in [7, 11) is 0. The van der Waals surface area contributed by atoms with Gasteiger partial charge in [0.05, 0.1) is 11.4 Å². The number of nitrogens with one attached hydrogen (secondary N) is 1. The summed E-state index contributed by atoms with van der Waals surface area (Å²) in [5, 5.41) is 2.99. The first-order valence-corrected chi connectivity index (χ1v) is 13.6. The van der Waals surface area contributed by atoms with Gasteiger partial charge < -0.3 is 15.0 Å². The van der Waals surface area contributed by atoms with Crippen LogP contribution in [-0.2, 0) is 11.2 Å². The van der Waals surface area contributed by atoms with Gasteiger partial charge in [0.1, 0.15) is 17.7 Å². The zero-order valence-electron chi connectivity index (χ0n) is 23.6. The Morgan fingerprint density at radius 3 is 2.55 bits per heavy atom. The van der Waals surface area contributed by atoms with Crippen LogP contribution in [0.5, 0.6) is 5.75 Å². The molecule has 0 radical (unpaired) electrons. The summed E-state index contributed by atoms with van der Waals surface area (Å²) < 4.78 is 20.9. The molecule has 4 rings (SSSR count). The van der Waals surface area contributed by atoms with Crippen molar-refractivity contribution in [2.24, 2.45) is 0 Å². The quantitative estimate of drug-likeness (QED) is 0.361. The van der Waals surface area contributed by atoms with Gasteiger partial charge >= 0.3 is 0 Å². The number of pyridine rings is 1. The van der Waals surface area contributed by atoms with E-state index in [1.807, 2.05) is 37.8 Å². The molecule has 3 aromatic rings. The van der Waals surface area contributed by atoms with Crippen LogP contribution in [0.1, 0.15) is 52.7 Å². The number of carbonyl (C=O) groups excluding carboxylic acids is 2. The molecule has 1 aliphatic heterocycles. The van der Waals surface area contributed by atoms with Crippen molar-refractivity contribution >= 4 is 17.5 Å². The monoisotopic (exact) mass is 544 g/mol. The lowest BCUT2D eigenvalue weighted by molar-refractivity contribution is -0.130. The molecule has 0 aliphatic carbocycles. The van der Waals surface area contributed by atoms with E-state index < -0.39 is 6.10 Å². The van der Waals surface area contributed by atoms with Gasteiger partial charge in [0, 0.05) is 44.0 Å². The van der Waals surface area contributed by atoms with Crippen molar-refractivity contribution in [2.75, 3.05) is 31.5 Å². The van der Waals surface area contributed by atoms with Gasteiger partial charge in [-0.2, -0.15) is 0 Å². The molecular formula is C32H37FN4O3. The summed E-state index contributed by atoms with van der Waals surface area (Å²) in [4.78, 5) is 33.6. The molecule has 1 saturated heterocycles. The third kappa shape index (κ3) is 6.74. The van der Waals surface area contributed by atoms with E-state index in [9.17, 15) is 14.0 Å². The number of amides is 2. The number of rotatable bonds is 9. The van der Waals surface area contributed by atoms with Gasteiger partial charge in [-0.15, -0.1) is 0 Å². The van der Waals surface area contributed by atoms with Crippen molar-refractivity contribution in [3.63, 3.8) is 0 Å². The average Bonchev–Trinajstić information content (AvgIpc) is 2.95. The van der Waals surface area contributed by atoms with Gasteiger partial charge in [0.2, 0.25) is 5.91 Å². The number of nitrogens with zero attached hydrogens (tertiary/aromatic N) is 3. The average molecular weight is 545 g/mol. The summed E-state index contributed by atoms with van der Waals surface area (Å²) in [6, 6.07) is 14.0. The number of carbonyl (C=O) groups is 2. The van der Waals surface area contributed by atoms with E-state index in [1.165, 1.54) is 12.1 Å². The van der Waals surface area contributed by atoms with Crippen LogP contribution in [-0.4, -0.2) is 58.8 Å². The highest BCUT2D eigenvalue weighted by Crippen LogP contribution is 2.27. The Bertz CT molecular complexity index is 1380. The van der Waals surface area contributed by atoms with Crippen LogP contribution in [0.3, 0.4) is 0 Å². The van der Waals surface area contributed by atoms with E-state index in [1.54, 1.807) is 43.5 Å². The summed E-state index contributed by atoms with van der Waals surface area (Å²) >= 11 is 0. The normalized spacial score (nSPS) is 16.3. The van der Waals surface area contributed by atoms with Gasteiger partial charge in [-0.05, 0) is 86.4 Å². The topological polar surface area (TPSA) is 74.8 Å². The second-order valence-electron chi connectivity index (χ2n) is 10.2. The predicted octanol–water partition coefficient (Wildman–Crippen LogP) is 5.49. The lowest BCUT2D eigenvalue weighted by Crippen LogP contribution is -2.54. The molecule has 0 bridgehead atoms.